The zero-order valence-electron chi connectivity index (χ0n) is 9.10. The van der Waals surface area contributed by atoms with E-state index in [-0.39, 0.29) is 5.78 Å². The third-order valence-electron chi connectivity index (χ3n) is 2.14. The summed E-state index contributed by atoms with van der Waals surface area (Å²) in [5.74, 6) is 0.503. The first kappa shape index (κ1) is 12.7. The van der Waals surface area contributed by atoms with Gasteiger partial charge in [0.2, 0.25) is 0 Å². The van der Waals surface area contributed by atoms with Crippen LogP contribution in [0.1, 0.15) is 36.2 Å². The first-order valence-corrected chi connectivity index (χ1v) is 6.07. The quantitative estimate of drug-likeness (QED) is 0.741. The molecule has 0 aliphatic carbocycles. The van der Waals surface area contributed by atoms with Gasteiger partial charge in [0.05, 0.1) is 0 Å². The summed E-state index contributed by atoms with van der Waals surface area (Å²) in [6.45, 7) is 5.98. The molecule has 0 saturated heterocycles. The highest BCUT2D eigenvalue weighted by molar-refractivity contribution is 9.10. The number of ketones is 1. The van der Waals surface area contributed by atoms with Crippen LogP contribution in [0, 0.1) is 12.8 Å². The van der Waals surface area contributed by atoms with Gasteiger partial charge >= 0.3 is 0 Å². The second kappa shape index (κ2) is 5.13. The van der Waals surface area contributed by atoms with E-state index in [1.807, 2.05) is 26.8 Å². The summed E-state index contributed by atoms with van der Waals surface area (Å²) >= 11 is 9.39. The van der Waals surface area contributed by atoms with Crippen molar-refractivity contribution in [1.29, 1.82) is 0 Å². The number of carbonyl (C=O) groups is 1. The first-order chi connectivity index (χ1) is 6.91. The number of carbonyl (C=O) groups excluding carboxylic acids is 1. The van der Waals surface area contributed by atoms with Crippen LogP contribution in [0.5, 0.6) is 0 Å². The second-order valence-corrected chi connectivity index (χ2v) is 5.36. The zero-order chi connectivity index (χ0) is 11.6. The summed E-state index contributed by atoms with van der Waals surface area (Å²) in [5, 5.41) is 0.644. The van der Waals surface area contributed by atoms with Crippen LogP contribution in [0.15, 0.2) is 16.6 Å². The lowest BCUT2D eigenvalue weighted by Crippen LogP contribution is -2.04. The number of hydrogen-bond donors (Lipinski definition) is 0. The summed E-state index contributed by atoms with van der Waals surface area (Å²) in [7, 11) is 0. The Morgan fingerprint density at radius 3 is 2.60 bits per heavy atom. The number of benzene rings is 1. The van der Waals surface area contributed by atoms with Crippen LogP contribution in [-0.2, 0) is 0 Å². The smallest absolute Gasteiger partial charge is 0.164 e. The predicted molar refractivity (Wildman–Crippen MR) is 67.7 cm³/mol. The SMILES string of the molecule is Cc1cc(Br)c(C(=O)CC(C)C)cc1Cl. The van der Waals surface area contributed by atoms with Gasteiger partial charge in [0, 0.05) is 21.5 Å². The molecule has 0 fully saturated rings. The summed E-state index contributed by atoms with van der Waals surface area (Å²) < 4.78 is 0.829. The minimum atomic E-state index is 0.138. The molecule has 0 bridgehead atoms. The number of Topliss-reactive ketones (excluding diaryl/α,β-unsaturated/α-hetero) is 1. The Bertz CT molecular complexity index is 385. The van der Waals surface area contributed by atoms with Gasteiger partial charge in [-0.15, -0.1) is 0 Å². The van der Waals surface area contributed by atoms with E-state index in [9.17, 15) is 4.79 Å². The van der Waals surface area contributed by atoms with Gasteiger partial charge in [-0.1, -0.05) is 41.4 Å². The Morgan fingerprint density at radius 1 is 1.47 bits per heavy atom. The fourth-order valence-corrected chi connectivity index (χ4v) is 2.18. The van der Waals surface area contributed by atoms with Crippen molar-refractivity contribution < 1.29 is 4.79 Å². The molecule has 0 amide bonds. The van der Waals surface area contributed by atoms with Gasteiger partial charge in [0.15, 0.2) is 5.78 Å². The normalized spacial score (nSPS) is 10.8. The van der Waals surface area contributed by atoms with Gasteiger partial charge in [0.1, 0.15) is 0 Å². The van der Waals surface area contributed by atoms with Gasteiger partial charge in [-0.25, -0.2) is 0 Å². The largest absolute Gasteiger partial charge is 0.294 e. The van der Waals surface area contributed by atoms with Crippen LogP contribution in [0.4, 0.5) is 0 Å². The van der Waals surface area contributed by atoms with Crippen molar-refractivity contribution in [1.82, 2.24) is 0 Å². The molecule has 0 unspecified atom stereocenters. The number of halogens is 2. The van der Waals surface area contributed by atoms with E-state index in [0.29, 0.717) is 22.9 Å². The van der Waals surface area contributed by atoms with Crippen molar-refractivity contribution in [2.24, 2.45) is 5.92 Å². The Morgan fingerprint density at radius 2 is 2.07 bits per heavy atom. The summed E-state index contributed by atoms with van der Waals surface area (Å²) in [6.07, 6.45) is 0.554. The molecule has 0 aliphatic rings. The van der Waals surface area contributed by atoms with E-state index in [1.54, 1.807) is 6.07 Å². The molecule has 1 rings (SSSR count). The van der Waals surface area contributed by atoms with Crippen molar-refractivity contribution in [3.8, 4) is 0 Å². The van der Waals surface area contributed by atoms with Crippen LogP contribution < -0.4 is 0 Å². The molecule has 0 radical (unpaired) electrons. The molecule has 0 aliphatic heterocycles. The van der Waals surface area contributed by atoms with Crippen molar-refractivity contribution in [3.05, 3.63) is 32.8 Å². The Balaban J connectivity index is 3.04. The van der Waals surface area contributed by atoms with Gasteiger partial charge in [-0.3, -0.25) is 4.79 Å². The van der Waals surface area contributed by atoms with E-state index >= 15 is 0 Å². The summed E-state index contributed by atoms with van der Waals surface area (Å²) in [5.41, 5.74) is 1.66. The van der Waals surface area contributed by atoms with E-state index in [2.05, 4.69) is 15.9 Å². The van der Waals surface area contributed by atoms with Gasteiger partial charge in [-0.2, -0.15) is 0 Å². The molecule has 3 heteroatoms. The molecule has 0 aromatic heterocycles. The highest BCUT2D eigenvalue weighted by atomic mass is 79.9. The molecular formula is C12H14BrClO. The average Bonchev–Trinajstić information content (AvgIpc) is 2.09. The van der Waals surface area contributed by atoms with Crippen LogP contribution >= 0.6 is 27.5 Å². The number of aryl methyl sites for hydroxylation is 1. The molecule has 0 saturated carbocycles. The fourth-order valence-electron chi connectivity index (χ4n) is 1.34. The summed E-state index contributed by atoms with van der Waals surface area (Å²) in [4.78, 5) is 11.9. The van der Waals surface area contributed by atoms with Gasteiger partial charge < -0.3 is 0 Å². The predicted octanol–water partition coefficient (Wildman–Crippen LogP) is 4.64. The minimum Gasteiger partial charge on any atom is -0.294 e. The molecule has 15 heavy (non-hydrogen) atoms. The minimum absolute atomic E-state index is 0.138. The second-order valence-electron chi connectivity index (χ2n) is 4.10. The first-order valence-electron chi connectivity index (χ1n) is 4.90. The standard InChI is InChI=1S/C12H14BrClO/c1-7(2)4-12(15)9-6-11(14)8(3)5-10(9)13/h5-7H,4H2,1-3H3. The molecular weight excluding hydrogens is 275 g/mol. The monoisotopic (exact) mass is 288 g/mol. The molecule has 1 nitrogen and oxygen atoms in total. The number of hydrogen-bond acceptors (Lipinski definition) is 1. The fraction of sp³-hybridized carbons (Fsp3) is 0.417. The molecule has 0 atom stereocenters. The lowest BCUT2D eigenvalue weighted by molar-refractivity contribution is 0.0967. The maximum atomic E-state index is 11.9. The van der Waals surface area contributed by atoms with E-state index < -0.39 is 0 Å². The molecule has 0 heterocycles. The molecule has 0 spiro atoms. The van der Waals surface area contributed by atoms with E-state index in [4.69, 9.17) is 11.6 Å². The highest BCUT2D eigenvalue weighted by Gasteiger charge is 2.13. The molecule has 1 aromatic rings. The molecule has 82 valence electrons. The maximum Gasteiger partial charge on any atom is 0.164 e. The molecule has 0 N–H and O–H groups in total. The van der Waals surface area contributed by atoms with Crippen LogP contribution in [0.2, 0.25) is 5.02 Å². The van der Waals surface area contributed by atoms with Gasteiger partial charge in [-0.05, 0) is 30.5 Å². The average molecular weight is 290 g/mol. The Kier molecular flexibility index (Phi) is 4.35. The van der Waals surface area contributed by atoms with Crippen LogP contribution in [-0.4, -0.2) is 5.78 Å². The van der Waals surface area contributed by atoms with Crippen molar-refractivity contribution in [2.45, 2.75) is 27.2 Å². The van der Waals surface area contributed by atoms with E-state index in [0.717, 1.165) is 10.0 Å². The Hall–Kier alpha value is -0.340. The zero-order valence-corrected chi connectivity index (χ0v) is 11.4. The van der Waals surface area contributed by atoms with Crippen LogP contribution in [0.25, 0.3) is 0 Å². The highest BCUT2D eigenvalue weighted by Crippen LogP contribution is 2.26. The van der Waals surface area contributed by atoms with Crippen molar-refractivity contribution in [3.63, 3.8) is 0 Å². The lowest BCUT2D eigenvalue weighted by atomic mass is 10.0. The third kappa shape index (κ3) is 3.32. The summed E-state index contributed by atoms with van der Waals surface area (Å²) in [6, 6.07) is 3.63. The van der Waals surface area contributed by atoms with Gasteiger partial charge in [0.25, 0.3) is 0 Å². The van der Waals surface area contributed by atoms with E-state index in [1.165, 1.54) is 0 Å². The van der Waals surface area contributed by atoms with Crippen molar-refractivity contribution >= 4 is 33.3 Å². The molecule has 1 aromatic carbocycles. The lowest BCUT2D eigenvalue weighted by Gasteiger charge is -2.08. The van der Waals surface area contributed by atoms with Crippen LogP contribution in [0.3, 0.4) is 0 Å². The topological polar surface area (TPSA) is 17.1 Å². The number of rotatable bonds is 3. The maximum absolute atomic E-state index is 11.9. The van der Waals surface area contributed by atoms with Crippen molar-refractivity contribution in [2.75, 3.05) is 0 Å². The third-order valence-corrected chi connectivity index (χ3v) is 3.21. The Labute approximate surface area is 104 Å².